The van der Waals surface area contributed by atoms with Crippen molar-refractivity contribution in [1.29, 1.82) is 0 Å². The van der Waals surface area contributed by atoms with E-state index in [9.17, 15) is 0 Å². The van der Waals surface area contributed by atoms with Gasteiger partial charge in [-0.15, -0.1) is 5.92 Å². The molecule has 1 fully saturated rings. The van der Waals surface area contributed by atoms with E-state index in [0.717, 1.165) is 54.5 Å². The van der Waals surface area contributed by atoms with Crippen molar-refractivity contribution in [1.82, 2.24) is 4.98 Å². The highest BCUT2D eigenvalue weighted by Crippen LogP contribution is 2.63. The average molecular weight is 427 g/mol. The number of fused-ring (bicyclic) bond motifs is 3. The molecule has 0 saturated heterocycles. The van der Waals surface area contributed by atoms with Crippen LogP contribution >= 0.6 is 0 Å². The third-order valence-corrected chi connectivity index (χ3v) is 7.83. The number of pyridine rings is 1. The summed E-state index contributed by atoms with van der Waals surface area (Å²) in [6, 6.07) is 8.78. The molecule has 3 aliphatic rings. The van der Waals surface area contributed by atoms with Gasteiger partial charge in [0.25, 0.3) is 0 Å². The van der Waals surface area contributed by atoms with Gasteiger partial charge in [0.1, 0.15) is 5.84 Å². The Morgan fingerprint density at radius 2 is 1.81 bits per heavy atom. The second kappa shape index (κ2) is 7.28. The number of ether oxygens (including phenoxy) is 1. The molecular weight excluding hydrogens is 396 g/mol. The Bertz CT molecular complexity index is 1190. The number of hydrogen-bond donors (Lipinski definition) is 1. The molecule has 1 aromatic heterocycles. The van der Waals surface area contributed by atoms with Gasteiger partial charge in [-0.05, 0) is 76.1 Å². The highest BCUT2D eigenvalue weighted by atomic mass is 16.5. The van der Waals surface area contributed by atoms with E-state index in [2.05, 4.69) is 48.0 Å². The van der Waals surface area contributed by atoms with Crippen LogP contribution in [-0.2, 0) is 16.8 Å². The second-order valence-corrected chi connectivity index (χ2v) is 9.69. The fraction of sp³-hybridized carbons (Fsp3) is 0.444. The Labute approximate surface area is 190 Å². The van der Waals surface area contributed by atoms with Crippen LogP contribution in [0.3, 0.4) is 0 Å². The standard InChI is InChI=1S/C27H30N4O/c1-5-6-19-13-22(17-29-16-19)20-7-8-21-15-26(11-9-25(3,32-4)10-12-26)27(23(21)14-20)30-18(2)24(28)31-27/h7-8,13-14,16-17H,9-12,15H2,1-4H3,(H2,28,31). The van der Waals surface area contributed by atoms with Crippen molar-refractivity contribution in [3.8, 4) is 23.0 Å². The van der Waals surface area contributed by atoms with E-state index < -0.39 is 5.66 Å². The smallest absolute Gasteiger partial charge is 0.184 e. The van der Waals surface area contributed by atoms with E-state index >= 15 is 0 Å². The number of nitrogens with two attached hydrogens (primary N) is 1. The first-order valence-corrected chi connectivity index (χ1v) is 11.3. The van der Waals surface area contributed by atoms with Gasteiger partial charge in [0.2, 0.25) is 0 Å². The Balaban J connectivity index is 1.63. The molecule has 0 amide bonds. The van der Waals surface area contributed by atoms with Gasteiger partial charge in [0.15, 0.2) is 5.66 Å². The summed E-state index contributed by atoms with van der Waals surface area (Å²) in [5.41, 5.74) is 12.0. The van der Waals surface area contributed by atoms with Crippen LogP contribution in [-0.4, -0.2) is 29.2 Å². The van der Waals surface area contributed by atoms with Crippen molar-refractivity contribution in [3.05, 3.63) is 53.3 Å². The third-order valence-electron chi connectivity index (χ3n) is 7.83. The number of hydrogen-bond acceptors (Lipinski definition) is 5. The maximum absolute atomic E-state index is 6.33. The molecule has 5 nitrogen and oxygen atoms in total. The number of aliphatic imine (C=N–C) groups is 2. The third kappa shape index (κ3) is 3.01. The minimum absolute atomic E-state index is 0.0673. The van der Waals surface area contributed by atoms with Gasteiger partial charge in [-0.1, -0.05) is 18.1 Å². The lowest BCUT2D eigenvalue weighted by atomic mass is 9.63. The van der Waals surface area contributed by atoms with E-state index in [1.807, 2.05) is 27.2 Å². The minimum atomic E-state index is -0.643. The molecule has 0 bridgehead atoms. The van der Waals surface area contributed by atoms with Crippen LogP contribution in [0.15, 0.2) is 46.6 Å². The quantitative estimate of drug-likeness (QED) is 0.712. The van der Waals surface area contributed by atoms with Crippen LogP contribution in [0.25, 0.3) is 11.1 Å². The molecule has 1 unspecified atom stereocenters. The van der Waals surface area contributed by atoms with E-state index in [4.69, 9.17) is 20.5 Å². The zero-order valence-corrected chi connectivity index (χ0v) is 19.3. The van der Waals surface area contributed by atoms with Gasteiger partial charge in [-0.2, -0.15) is 0 Å². The maximum Gasteiger partial charge on any atom is 0.184 e. The van der Waals surface area contributed by atoms with E-state index in [-0.39, 0.29) is 11.0 Å². The van der Waals surface area contributed by atoms with Gasteiger partial charge < -0.3 is 10.5 Å². The predicted molar refractivity (Wildman–Crippen MR) is 129 cm³/mol. The van der Waals surface area contributed by atoms with Crippen LogP contribution in [0.5, 0.6) is 0 Å². The predicted octanol–water partition coefficient (Wildman–Crippen LogP) is 4.63. The first kappa shape index (κ1) is 20.9. The summed E-state index contributed by atoms with van der Waals surface area (Å²) in [6.45, 7) is 6.03. The van der Waals surface area contributed by atoms with Crippen molar-refractivity contribution in [3.63, 3.8) is 0 Å². The summed E-state index contributed by atoms with van der Waals surface area (Å²) in [6.07, 6.45) is 8.68. The summed E-state index contributed by atoms with van der Waals surface area (Å²) < 4.78 is 5.85. The van der Waals surface area contributed by atoms with Crippen LogP contribution in [0.2, 0.25) is 0 Å². The Morgan fingerprint density at radius 3 is 2.47 bits per heavy atom. The molecule has 5 heteroatoms. The minimum Gasteiger partial charge on any atom is -0.382 e. The lowest BCUT2D eigenvalue weighted by molar-refractivity contribution is -0.0679. The maximum atomic E-state index is 6.33. The van der Waals surface area contributed by atoms with E-state index in [1.165, 1.54) is 11.1 Å². The number of nitrogens with zero attached hydrogens (tertiary/aromatic N) is 3. The van der Waals surface area contributed by atoms with Crippen LogP contribution in [0, 0.1) is 17.3 Å². The number of amidine groups is 1. The molecule has 2 N–H and O–H groups in total. The first-order chi connectivity index (χ1) is 15.3. The fourth-order valence-electron chi connectivity index (χ4n) is 5.74. The van der Waals surface area contributed by atoms with Crippen molar-refractivity contribution < 1.29 is 4.74 Å². The molecule has 1 aliphatic heterocycles. The van der Waals surface area contributed by atoms with E-state index in [0.29, 0.717) is 5.84 Å². The molecule has 1 saturated carbocycles. The number of aromatic nitrogens is 1. The van der Waals surface area contributed by atoms with Crippen LogP contribution < -0.4 is 5.73 Å². The Kier molecular flexibility index (Phi) is 4.76. The summed E-state index contributed by atoms with van der Waals surface area (Å²) in [4.78, 5) is 14.7. The van der Waals surface area contributed by atoms with Gasteiger partial charge in [-0.25, -0.2) is 4.99 Å². The summed E-state index contributed by atoms with van der Waals surface area (Å²) in [7, 11) is 1.82. The summed E-state index contributed by atoms with van der Waals surface area (Å²) in [5, 5.41) is 0. The van der Waals surface area contributed by atoms with Gasteiger partial charge in [-0.3, -0.25) is 9.98 Å². The molecule has 0 radical (unpaired) electrons. The zero-order valence-electron chi connectivity index (χ0n) is 19.3. The molecule has 1 atom stereocenters. The van der Waals surface area contributed by atoms with Crippen LogP contribution in [0.4, 0.5) is 0 Å². The van der Waals surface area contributed by atoms with Gasteiger partial charge in [0.05, 0.1) is 11.3 Å². The fourth-order valence-corrected chi connectivity index (χ4v) is 5.74. The van der Waals surface area contributed by atoms with Crippen LogP contribution in [0.1, 0.15) is 63.1 Å². The van der Waals surface area contributed by atoms with Gasteiger partial charge in [0, 0.05) is 41.6 Å². The molecule has 5 rings (SSSR count). The van der Waals surface area contributed by atoms with Crippen molar-refractivity contribution in [2.24, 2.45) is 21.1 Å². The molecule has 32 heavy (non-hydrogen) atoms. The first-order valence-electron chi connectivity index (χ1n) is 11.3. The molecule has 1 aromatic carbocycles. The second-order valence-electron chi connectivity index (χ2n) is 9.69. The zero-order chi connectivity index (χ0) is 22.6. The highest BCUT2D eigenvalue weighted by Gasteiger charge is 2.61. The molecule has 2 aliphatic carbocycles. The number of benzene rings is 1. The lowest BCUT2D eigenvalue weighted by Crippen LogP contribution is -2.46. The van der Waals surface area contributed by atoms with Gasteiger partial charge >= 0.3 is 0 Å². The molecule has 164 valence electrons. The summed E-state index contributed by atoms with van der Waals surface area (Å²) >= 11 is 0. The average Bonchev–Trinajstić information content (AvgIpc) is 3.24. The number of rotatable bonds is 2. The SMILES string of the molecule is CC#Cc1cncc(-c2ccc3c(c2)C2(N=C(C)C(N)=N2)C2(CCC(C)(OC)CC2)C3)c1. The Morgan fingerprint density at radius 1 is 1.03 bits per heavy atom. The van der Waals surface area contributed by atoms with E-state index in [1.54, 1.807) is 6.20 Å². The topological polar surface area (TPSA) is 72.9 Å². The molecular formula is C27H30N4O. The van der Waals surface area contributed by atoms with Crippen molar-refractivity contribution in [2.45, 2.75) is 64.1 Å². The largest absolute Gasteiger partial charge is 0.382 e. The molecule has 2 aromatic rings. The normalized spacial score (nSPS) is 30.6. The monoisotopic (exact) mass is 426 g/mol. The number of methoxy groups -OCH3 is 1. The molecule has 2 spiro atoms. The van der Waals surface area contributed by atoms with Crippen molar-refractivity contribution in [2.75, 3.05) is 7.11 Å². The lowest BCUT2D eigenvalue weighted by Gasteiger charge is -2.47. The summed E-state index contributed by atoms with van der Waals surface area (Å²) in [5.74, 6) is 6.62. The van der Waals surface area contributed by atoms with Crippen molar-refractivity contribution >= 4 is 11.5 Å². The highest BCUT2D eigenvalue weighted by molar-refractivity contribution is 6.41. The molecule has 2 heterocycles. The Hall–Kier alpha value is -2.97.